The van der Waals surface area contributed by atoms with Crippen LogP contribution in [0.15, 0.2) is 16.7 Å². The average Bonchev–Trinajstić information content (AvgIpc) is 2.85. The van der Waals surface area contributed by atoms with E-state index < -0.39 is 0 Å². The van der Waals surface area contributed by atoms with Crippen molar-refractivity contribution in [1.82, 2.24) is 15.1 Å². The normalized spacial score (nSPS) is 21.9. The van der Waals surface area contributed by atoms with Crippen LogP contribution in [-0.4, -0.2) is 48.1 Å². The second-order valence-electron chi connectivity index (χ2n) is 7.25. The van der Waals surface area contributed by atoms with Crippen molar-refractivity contribution in [2.75, 3.05) is 26.7 Å². The minimum atomic E-state index is 0.135. The van der Waals surface area contributed by atoms with Crippen LogP contribution in [0.4, 0.5) is 0 Å². The summed E-state index contributed by atoms with van der Waals surface area (Å²) in [5.41, 5.74) is 1.42. The second kappa shape index (κ2) is 6.95. The Labute approximate surface area is 129 Å². The summed E-state index contributed by atoms with van der Waals surface area (Å²) in [7, 11) is 2.23. The second-order valence-corrected chi connectivity index (χ2v) is 7.25. The van der Waals surface area contributed by atoms with Crippen LogP contribution in [0.1, 0.15) is 45.4 Å². The highest BCUT2D eigenvalue weighted by Gasteiger charge is 2.24. The van der Waals surface area contributed by atoms with Crippen LogP contribution in [0.3, 0.4) is 0 Å². The number of likely N-dealkylation sites (N-methyl/N-ethyl adjacent to an activating group) is 1. The van der Waals surface area contributed by atoms with Crippen molar-refractivity contribution in [3.05, 3.63) is 23.7 Å². The summed E-state index contributed by atoms with van der Waals surface area (Å²) in [5, 5.41) is 3.54. The highest BCUT2D eigenvalue weighted by molar-refractivity contribution is 5.17. The zero-order valence-corrected chi connectivity index (χ0v) is 14.3. The van der Waals surface area contributed by atoms with Crippen molar-refractivity contribution < 1.29 is 4.42 Å². The van der Waals surface area contributed by atoms with E-state index in [1.54, 1.807) is 0 Å². The monoisotopic (exact) mass is 293 g/mol. The Morgan fingerprint density at radius 1 is 1.33 bits per heavy atom. The minimum absolute atomic E-state index is 0.135. The van der Waals surface area contributed by atoms with E-state index in [2.05, 4.69) is 55.9 Å². The smallest absolute Gasteiger partial charge is 0.122 e. The summed E-state index contributed by atoms with van der Waals surface area (Å²) >= 11 is 0. The minimum Gasteiger partial charge on any atom is -0.468 e. The number of furan rings is 1. The summed E-state index contributed by atoms with van der Waals surface area (Å²) in [6.07, 6.45) is 3.03. The van der Waals surface area contributed by atoms with Crippen LogP contribution in [0.5, 0.6) is 0 Å². The Hall–Kier alpha value is -0.840. The highest BCUT2D eigenvalue weighted by atomic mass is 16.3. The first-order valence-corrected chi connectivity index (χ1v) is 8.12. The number of nitrogens with one attached hydrogen (secondary N) is 1. The summed E-state index contributed by atoms with van der Waals surface area (Å²) in [5.74, 6) is 1.12. The maximum absolute atomic E-state index is 5.73. The fourth-order valence-corrected chi connectivity index (χ4v) is 2.82. The molecule has 0 aromatic carbocycles. The highest BCUT2D eigenvalue weighted by Crippen LogP contribution is 2.18. The lowest BCUT2D eigenvalue weighted by Crippen LogP contribution is -2.50. The molecule has 1 aliphatic heterocycles. The van der Waals surface area contributed by atoms with Gasteiger partial charge in [-0.2, -0.15) is 0 Å². The van der Waals surface area contributed by atoms with Gasteiger partial charge >= 0.3 is 0 Å². The van der Waals surface area contributed by atoms with Gasteiger partial charge in [0.1, 0.15) is 5.76 Å². The molecule has 1 fully saturated rings. The molecule has 1 saturated heterocycles. The summed E-state index contributed by atoms with van der Waals surface area (Å²) < 4.78 is 5.73. The first-order chi connectivity index (χ1) is 9.89. The molecule has 0 saturated carbocycles. The van der Waals surface area contributed by atoms with Crippen LogP contribution in [-0.2, 0) is 13.1 Å². The van der Waals surface area contributed by atoms with Crippen LogP contribution in [0, 0.1) is 0 Å². The van der Waals surface area contributed by atoms with E-state index in [1.807, 2.05) is 6.26 Å². The third-order valence-corrected chi connectivity index (χ3v) is 4.35. The van der Waals surface area contributed by atoms with Gasteiger partial charge in [0.25, 0.3) is 0 Å². The van der Waals surface area contributed by atoms with Crippen LogP contribution >= 0.6 is 0 Å². The van der Waals surface area contributed by atoms with Crippen LogP contribution in [0.25, 0.3) is 0 Å². The molecular weight excluding hydrogens is 262 g/mol. The molecule has 1 unspecified atom stereocenters. The molecule has 120 valence electrons. The molecule has 0 aliphatic carbocycles. The largest absolute Gasteiger partial charge is 0.468 e. The lowest BCUT2D eigenvalue weighted by atomic mass is 10.1. The van der Waals surface area contributed by atoms with Crippen molar-refractivity contribution in [2.45, 2.75) is 58.8 Å². The molecule has 4 nitrogen and oxygen atoms in total. The van der Waals surface area contributed by atoms with E-state index >= 15 is 0 Å². The van der Waals surface area contributed by atoms with Crippen molar-refractivity contribution >= 4 is 0 Å². The van der Waals surface area contributed by atoms with Gasteiger partial charge in [-0.3, -0.25) is 4.90 Å². The van der Waals surface area contributed by atoms with E-state index in [0.717, 1.165) is 38.5 Å². The van der Waals surface area contributed by atoms with E-state index in [-0.39, 0.29) is 5.54 Å². The summed E-state index contributed by atoms with van der Waals surface area (Å²) in [4.78, 5) is 4.99. The Balaban J connectivity index is 1.93. The van der Waals surface area contributed by atoms with Gasteiger partial charge in [0, 0.05) is 43.3 Å². The number of hydrogen-bond donors (Lipinski definition) is 1. The van der Waals surface area contributed by atoms with Crippen molar-refractivity contribution in [1.29, 1.82) is 0 Å². The van der Waals surface area contributed by atoms with Gasteiger partial charge in [-0.05, 0) is 40.3 Å². The van der Waals surface area contributed by atoms with Gasteiger partial charge < -0.3 is 14.6 Å². The van der Waals surface area contributed by atoms with Gasteiger partial charge in [0.15, 0.2) is 0 Å². The third kappa shape index (κ3) is 4.83. The molecule has 1 atom stereocenters. The average molecular weight is 293 g/mol. The van der Waals surface area contributed by atoms with Gasteiger partial charge in [-0.25, -0.2) is 0 Å². The van der Waals surface area contributed by atoms with Gasteiger partial charge in [0.2, 0.25) is 0 Å². The Morgan fingerprint density at radius 2 is 2.10 bits per heavy atom. The number of nitrogens with zero attached hydrogens (tertiary/aromatic N) is 2. The zero-order chi connectivity index (χ0) is 15.5. The Morgan fingerprint density at radius 3 is 2.76 bits per heavy atom. The fraction of sp³-hybridized carbons (Fsp3) is 0.765. The molecule has 21 heavy (non-hydrogen) atoms. The molecule has 0 amide bonds. The molecule has 2 rings (SSSR count). The standard InChI is InChI=1S/C17H31N3O/c1-6-15-12-20(9-8-19(15)5)13-16-14(7-10-21-16)11-18-17(2,3)4/h7,10,15,18H,6,8-9,11-13H2,1-5H3. The Kier molecular flexibility index (Phi) is 5.47. The van der Waals surface area contributed by atoms with Crippen molar-refractivity contribution in [3.8, 4) is 0 Å². The van der Waals surface area contributed by atoms with Crippen molar-refractivity contribution in [3.63, 3.8) is 0 Å². The van der Waals surface area contributed by atoms with Crippen molar-refractivity contribution in [2.24, 2.45) is 0 Å². The van der Waals surface area contributed by atoms with Crippen LogP contribution < -0.4 is 5.32 Å². The maximum atomic E-state index is 5.73. The predicted molar refractivity (Wildman–Crippen MR) is 87.3 cm³/mol. The molecule has 4 heteroatoms. The van der Waals surface area contributed by atoms with E-state index in [9.17, 15) is 0 Å². The van der Waals surface area contributed by atoms with E-state index in [1.165, 1.54) is 12.0 Å². The number of hydrogen-bond acceptors (Lipinski definition) is 4. The third-order valence-electron chi connectivity index (χ3n) is 4.35. The maximum Gasteiger partial charge on any atom is 0.122 e. The molecule has 2 heterocycles. The van der Waals surface area contributed by atoms with Crippen LogP contribution in [0.2, 0.25) is 0 Å². The lowest BCUT2D eigenvalue weighted by molar-refractivity contribution is 0.0832. The SMILES string of the molecule is CCC1CN(Cc2occc2CNC(C)(C)C)CCN1C. The molecule has 0 radical (unpaired) electrons. The van der Waals surface area contributed by atoms with E-state index in [0.29, 0.717) is 6.04 Å². The first-order valence-electron chi connectivity index (χ1n) is 8.12. The van der Waals surface area contributed by atoms with Gasteiger partial charge in [-0.15, -0.1) is 0 Å². The first kappa shape index (κ1) is 16.5. The molecule has 1 aromatic rings. The molecule has 1 aliphatic rings. The molecular formula is C17H31N3O. The number of rotatable bonds is 5. The van der Waals surface area contributed by atoms with Gasteiger partial charge in [0.05, 0.1) is 12.8 Å². The molecule has 0 spiro atoms. The molecule has 0 bridgehead atoms. The Bertz CT molecular complexity index is 435. The van der Waals surface area contributed by atoms with Gasteiger partial charge in [-0.1, -0.05) is 6.92 Å². The molecule has 1 N–H and O–H groups in total. The molecule has 1 aromatic heterocycles. The lowest BCUT2D eigenvalue weighted by Gasteiger charge is -2.38. The summed E-state index contributed by atoms with van der Waals surface area (Å²) in [6.45, 7) is 14.1. The van der Waals surface area contributed by atoms with E-state index in [4.69, 9.17) is 4.42 Å². The fourth-order valence-electron chi connectivity index (χ4n) is 2.82. The number of piperazine rings is 1. The topological polar surface area (TPSA) is 31.7 Å². The predicted octanol–water partition coefficient (Wildman–Crippen LogP) is 2.69. The zero-order valence-electron chi connectivity index (χ0n) is 14.3. The summed E-state index contributed by atoms with van der Waals surface area (Å²) in [6, 6.07) is 2.77. The quantitative estimate of drug-likeness (QED) is 0.904.